The van der Waals surface area contributed by atoms with E-state index in [2.05, 4.69) is 9.46 Å². The van der Waals surface area contributed by atoms with Crippen molar-refractivity contribution < 1.29 is 22.7 Å². The average Bonchev–Trinajstić information content (AvgIpc) is 2.83. The summed E-state index contributed by atoms with van der Waals surface area (Å²) in [6.45, 7) is 1.59. The molecule has 0 aliphatic heterocycles. The molecule has 1 N–H and O–H groups in total. The number of hydrogen-bond acceptors (Lipinski definition) is 5. The zero-order valence-corrected chi connectivity index (χ0v) is 15.2. The Balaban J connectivity index is 2.49. The van der Waals surface area contributed by atoms with Crippen molar-refractivity contribution in [2.24, 2.45) is 7.05 Å². The van der Waals surface area contributed by atoms with Gasteiger partial charge in [-0.15, -0.1) is 0 Å². The average molecular weight is 373 g/mol. The van der Waals surface area contributed by atoms with Gasteiger partial charge in [-0.1, -0.05) is 11.6 Å². The van der Waals surface area contributed by atoms with Gasteiger partial charge < -0.3 is 14.0 Å². The van der Waals surface area contributed by atoms with Crippen LogP contribution in [0.15, 0.2) is 29.2 Å². The van der Waals surface area contributed by atoms with Gasteiger partial charge in [0.1, 0.15) is 16.3 Å². The third-order valence-corrected chi connectivity index (χ3v) is 5.29. The Bertz CT molecular complexity index is 890. The number of carbonyl (C=O) groups is 1. The number of aromatic nitrogens is 1. The summed E-state index contributed by atoms with van der Waals surface area (Å²) >= 11 is 5.91. The Labute approximate surface area is 145 Å². The first-order valence-corrected chi connectivity index (χ1v) is 8.68. The van der Waals surface area contributed by atoms with Gasteiger partial charge in [0, 0.05) is 17.8 Å². The fourth-order valence-electron chi connectivity index (χ4n) is 2.20. The van der Waals surface area contributed by atoms with Gasteiger partial charge in [0.25, 0.3) is 10.0 Å². The van der Waals surface area contributed by atoms with Gasteiger partial charge in [0.15, 0.2) is 0 Å². The van der Waals surface area contributed by atoms with E-state index in [0.29, 0.717) is 16.5 Å². The van der Waals surface area contributed by atoms with Gasteiger partial charge in [0.2, 0.25) is 0 Å². The van der Waals surface area contributed by atoms with Crippen LogP contribution in [0, 0.1) is 6.92 Å². The summed E-state index contributed by atoms with van der Waals surface area (Å²) in [5.41, 5.74) is 0.727. The highest BCUT2D eigenvalue weighted by Crippen LogP contribution is 2.31. The molecular weight excluding hydrogens is 356 g/mol. The highest BCUT2D eigenvalue weighted by atomic mass is 35.5. The van der Waals surface area contributed by atoms with Crippen molar-refractivity contribution in [3.8, 4) is 5.75 Å². The van der Waals surface area contributed by atoms with Crippen LogP contribution in [0.1, 0.15) is 16.2 Å². The quantitative estimate of drug-likeness (QED) is 0.815. The lowest BCUT2D eigenvalue weighted by Gasteiger charge is -2.12. The number of benzene rings is 1. The summed E-state index contributed by atoms with van der Waals surface area (Å²) in [6, 6.07) is 5.84. The van der Waals surface area contributed by atoms with E-state index in [0.717, 1.165) is 0 Å². The molecule has 0 saturated carbocycles. The molecule has 7 nitrogen and oxygen atoms in total. The van der Waals surface area contributed by atoms with Crippen molar-refractivity contribution in [3.63, 3.8) is 0 Å². The van der Waals surface area contributed by atoms with E-state index in [4.69, 9.17) is 16.3 Å². The number of rotatable bonds is 5. The fourth-order valence-corrected chi connectivity index (χ4v) is 3.73. The number of halogens is 1. The fraction of sp³-hybridized carbons (Fsp3) is 0.267. The number of nitrogens with one attached hydrogen (secondary N) is 1. The van der Waals surface area contributed by atoms with Crippen LogP contribution in [0.25, 0.3) is 0 Å². The second-order valence-electron chi connectivity index (χ2n) is 4.98. The predicted octanol–water partition coefficient (Wildman–Crippen LogP) is 2.58. The van der Waals surface area contributed by atoms with Crippen molar-refractivity contribution in [2.45, 2.75) is 11.8 Å². The summed E-state index contributed by atoms with van der Waals surface area (Å²) in [5, 5.41) is 0.355. The van der Waals surface area contributed by atoms with Gasteiger partial charge in [-0.25, -0.2) is 13.2 Å². The third-order valence-electron chi connectivity index (χ3n) is 3.58. The molecule has 24 heavy (non-hydrogen) atoms. The van der Waals surface area contributed by atoms with Crippen LogP contribution in [0.2, 0.25) is 5.02 Å². The summed E-state index contributed by atoms with van der Waals surface area (Å²) in [6.07, 6.45) is 0. The zero-order valence-electron chi connectivity index (χ0n) is 13.6. The number of sulfonamides is 1. The molecule has 1 aromatic heterocycles. The molecular formula is C15H17ClN2O5S. The minimum absolute atomic E-state index is 0.0348. The standard InChI is InChI=1S/C15H17ClN2O5S/c1-9-14(8-12(18(9)2)15(19)23-4)24(20,21)17-11-7-10(16)5-6-13(11)22-3/h5-8,17H,1-4H3. The lowest BCUT2D eigenvalue weighted by atomic mass is 10.3. The number of nitrogens with zero attached hydrogens (tertiary/aromatic N) is 1. The molecule has 0 aliphatic rings. The number of carbonyl (C=O) groups excluding carboxylic acids is 1. The summed E-state index contributed by atoms with van der Waals surface area (Å²) in [5.74, 6) is -0.299. The van der Waals surface area contributed by atoms with E-state index in [1.807, 2.05) is 0 Å². The Morgan fingerprint density at radius 1 is 1.25 bits per heavy atom. The predicted molar refractivity (Wildman–Crippen MR) is 90.3 cm³/mol. The molecule has 0 spiro atoms. The maximum atomic E-state index is 12.7. The first-order chi connectivity index (χ1) is 11.2. The number of ether oxygens (including phenoxy) is 2. The van der Waals surface area contributed by atoms with Crippen molar-refractivity contribution in [1.29, 1.82) is 0 Å². The topological polar surface area (TPSA) is 86.6 Å². The summed E-state index contributed by atoms with van der Waals surface area (Å²) in [7, 11) is 0.281. The lowest BCUT2D eigenvalue weighted by Crippen LogP contribution is -2.14. The normalized spacial score (nSPS) is 11.2. The van der Waals surface area contributed by atoms with Crippen LogP contribution in [-0.2, 0) is 21.8 Å². The number of methoxy groups -OCH3 is 2. The van der Waals surface area contributed by atoms with Gasteiger partial charge in [0.05, 0.1) is 19.9 Å². The Kier molecular flexibility index (Phi) is 5.10. The Hall–Kier alpha value is -2.19. The van der Waals surface area contributed by atoms with Crippen LogP contribution in [0.3, 0.4) is 0 Å². The second-order valence-corrected chi connectivity index (χ2v) is 7.07. The molecule has 2 aromatic rings. The smallest absolute Gasteiger partial charge is 0.354 e. The number of hydrogen-bond donors (Lipinski definition) is 1. The van der Waals surface area contributed by atoms with Gasteiger partial charge >= 0.3 is 5.97 Å². The maximum Gasteiger partial charge on any atom is 0.354 e. The van der Waals surface area contributed by atoms with E-state index < -0.39 is 16.0 Å². The minimum Gasteiger partial charge on any atom is -0.495 e. The van der Waals surface area contributed by atoms with Gasteiger partial charge in [-0.05, 0) is 31.2 Å². The molecule has 0 aliphatic carbocycles. The Morgan fingerprint density at radius 2 is 1.92 bits per heavy atom. The van der Waals surface area contributed by atoms with Crippen molar-refractivity contribution >= 4 is 33.3 Å². The van der Waals surface area contributed by atoms with Crippen LogP contribution in [-0.4, -0.2) is 33.2 Å². The number of esters is 1. The van der Waals surface area contributed by atoms with E-state index in [1.165, 1.54) is 30.9 Å². The molecule has 0 saturated heterocycles. The summed E-state index contributed by atoms with van der Waals surface area (Å²) < 4.78 is 39.1. The highest BCUT2D eigenvalue weighted by Gasteiger charge is 2.25. The summed E-state index contributed by atoms with van der Waals surface area (Å²) in [4.78, 5) is 11.7. The van der Waals surface area contributed by atoms with Crippen LogP contribution in [0.5, 0.6) is 5.75 Å². The maximum absolute atomic E-state index is 12.7. The second kappa shape index (κ2) is 6.74. The minimum atomic E-state index is -3.95. The first-order valence-electron chi connectivity index (χ1n) is 6.82. The molecule has 0 atom stereocenters. The molecule has 1 heterocycles. The van der Waals surface area contributed by atoms with Crippen molar-refractivity contribution in [3.05, 3.63) is 40.7 Å². The molecule has 0 unspecified atom stereocenters. The third kappa shape index (κ3) is 3.34. The van der Waals surface area contributed by atoms with E-state index in [1.54, 1.807) is 26.1 Å². The molecule has 0 radical (unpaired) electrons. The Morgan fingerprint density at radius 3 is 2.50 bits per heavy atom. The lowest BCUT2D eigenvalue weighted by molar-refractivity contribution is 0.0589. The molecule has 130 valence electrons. The first kappa shape index (κ1) is 18.2. The molecule has 9 heteroatoms. The van der Waals surface area contributed by atoms with Crippen LogP contribution in [0.4, 0.5) is 5.69 Å². The molecule has 2 rings (SSSR count). The van der Waals surface area contributed by atoms with Gasteiger partial charge in [-0.2, -0.15) is 0 Å². The number of anilines is 1. The largest absolute Gasteiger partial charge is 0.495 e. The van der Waals surface area contributed by atoms with Gasteiger partial charge in [-0.3, -0.25) is 4.72 Å². The monoisotopic (exact) mass is 372 g/mol. The molecule has 0 amide bonds. The van der Waals surface area contributed by atoms with E-state index in [9.17, 15) is 13.2 Å². The van der Waals surface area contributed by atoms with Crippen molar-refractivity contribution in [2.75, 3.05) is 18.9 Å². The molecule has 1 aromatic carbocycles. The van der Waals surface area contributed by atoms with Crippen LogP contribution >= 0.6 is 11.6 Å². The van der Waals surface area contributed by atoms with Crippen molar-refractivity contribution in [1.82, 2.24) is 4.57 Å². The van der Waals surface area contributed by atoms with E-state index in [-0.39, 0.29) is 16.3 Å². The van der Waals surface area contributed by atoms with E-state index >= 15 is 0 Å². The molecule has 0 fully saturated rings. The molecule has 0 bridgehead atoms. The highest BCUT2D eigenvalue weighted by molar-refractivity contribution is 7.92. The zero-order chi connectivity index (χ0) is 18.1. The van der Waals surface area contributed by atoms with Crippen LogP contribution < -0.4 is 9.46 Å². The SMILES string of the molecule is COC(=O)c1cc(S(=O)(=O)Nc2cc(Cl)ccc2OC)c(C)n1C.